The first-order chi connectivity index (χ1) is 13.5. The summed E-state index contributed by atoms with van der Waals surface area (Å²) < 4.78 is 0. The second-order valence-electron chi connectivity index (χ2n) is 6.86. The van der Waals surface area contributed by atoms with Gasteiger partial charge in [-0.3, -0.25) is 0 Å². The highest BCUT2D eigenvalue weighted by atomic mass is 16.3. The number of allylic oxidation sites excluding steroid dienone is 1. The topological polar surface area (TPSA) is 67.5 Å². The molecule has 0 aliphatic rings. The van der Waals surface area contributed by atoms with Crippen molar-refractivity contribution in [2.45, 2.75) is 6.54 Å². The highest BCUT2D eigenvalue weighted by Gasteiger charge is 2.16. The Kier molecular flexibility index (Phi) is 5.78. The lowest BCUT2D eigenvalue weighted by Crippen LogP contribution is -2.11. The molecule has 0 bridgehead atoms. The maximum atomic E-state index is 10.2. The van der Waals surface area contributed by atoms with Crippen LogP contribution in [0.1, 0.15) is 22.3 Å². The molecule has 3 rings (SSSR count). The molecule has 0 spiro atoms. The largest absolute Gasteiger partial charge is 0.508 e. The summed E-state index contributed by atoms with van der Waals surface area (Å²) in [5.41, 5.74) is 4.54. The molecule has 2 N–H and O–H groups in total. The fourth-order valence-corrected chi connectivity index (χ4v) is 3.16. The summed E-state index contributed by atoms with van der Waals surface area (Å²) in [7, 11) is 3.88. The van der Waals surface area contributed by atoms with Crippen molar-refractivity contribution in [2.75, 3.05) is 14.1 Å². The third-order valence-corrected chi connectivity index (χ3v) is 4.43. The molecule has 0 aliphatic carbocycles. The number of hydrogen-bond acceptors (Lipinski definition) is 4. The smallest absolute Gasteiger partial charge is 0.120 e. The Labute approximate surface area is 165 Å². The highest BCUT2D eigenvalue weighted by molar-refractivity contribution is 6.03. The van der Waals surface area contributed by atoms with Crippen molar-refractivity contribution in [1.82, 2.24) is 4.90 Å². The quantitative estimate of drug-likeness (QED) is 0.507. The van der Waals surface area contributed by atoms with Crippen LogP contribution in [0.2, 0.25) is 0 Å². The van der Waals surface area contributed by atoms with E-state index < -0.39 is 0 Å². The molecule has 28 heavy (non-hydrogen) atoms. The predicted molar refractivity (Wildman–Crippen MR) is 112 cm³/mol. The van der Waals surface area contributed by atoms with Crippen LogP contribution in [0.3, 0.4) is 0 Å². The summed E-state index contributed by atoms with van der Waals surface area (Å²) in [6.45, 7) is 0.579. The normalized spacial score (nSPS) is 11.8. The van der Waals surface area contributed by atoms with Gasteiger partial charge in [0.2, 0.25) is 0 Å². The zero-order valence-corrected chi connectivity index (χ0v) is 15.9. The average molecular weight is 370 g/mol. The predicted octanol–water partition coefficient (Wildman–Crippen LogP) is 4.64. The Morgan fingerprint density at radius 2 is 1.50 bits per heavy atom. The SMILES string of the molecule is CN(C)Cc1cc(/C(=C(/C#N)c2ccccc2)c2ccc(O)cc2)ccc1O. The van der Waals surface area contributed by atoms with Gasteiger partial charge in [-0.25, -0.2) is 0 Å². The van der Waals surface area contributed by atoms with E-state index in [9.17, 15) is 15.5 Å². The van der Waals surface area contributed by atoms with E-state index in [1.165, 1.54) is 0 Å². The van der Waals surface area contributed by atoms with Crippen LogP contribution in [0.5, 0.6) is 11.5 Å². The zero-order chi connectivity index (χ0) is 20.1. The molecule has 0 amide bonds. The van der Waals surface area contributed by atoms with Gasteiger partial charge in [0.25, 0.3) is 0 Å². The molecule has 4 heteroatoms. The molecule has 0 aliphatic heterocycles. The van der Waals surface area contributed by atoms with Gasteiger partial charge in [0.05, 0.1) is 5.57 Å². The Balaban J connectivity index is 2.27. The van der Waals surface area contributed by atoms with Gasteiger partial charge in [0, 0.05) is 17.7 Å². The van der Waals surface area contributed by atoms with Crippen molar-refractivity contribution in [1.29, 1.82) is 5.26 Å². The minimum Gasteiger partial charge on any atom is -0.508 e. The second-order valence-corrected chi connectivity index (χ2v) is 6.86. The summed E-state index contributed by atoms with van der Waals surface area (Å²) in [5, 5.41) is 29.9. The number of nitrogens with zero attached hydrogens (tertiary/aromatic N) is 2. The molecule has 0 unspecified atom stereocenters. The molecule has 3 aromatic rings. The summed E-state index contributed by atoms with van der Waals surface area (Å²) >= 11 is 0. The van der Waals surface area contributed by atoms with Gasteiger partial charge in [-0.05, 0) is 55.1 Å². The Bertz CT molecular complexity index is 1030. The number of hydrogen-bond donors (Lipinski definition) is 2. The van der Waals surface area contributed by atoms with Gasteiger partial charge in [-0.2, -0.15) is 5.26 Å². The molecule has 3 aromatic carbocycles. The molecule has 0 saturated carbocycles. The van der Waals surface area contributed by atoms with Crippen LogP contribution >= 0.6 is 0 Å². The average Bonchev–Trinajstić information content (AvgIpc) is 2.69. The minimum atomic E-state index is 0.167. The van der Waals surface area contributed by atoms with E-state index in [0.29, 0.717) is 12.1 Å². The van der Waals surface area contributed by atoms with Crippen LogP contribution in [0, 0.1) is 11.3 Å². The third-order valence-electron chi connectivity index (χ3n) is 4.43. The van der Waals surface area contributed by atoms with E-state index in [1.54, 1.807) is 30.3 Å². The van der Waals surface area contributed by atoms with Crippen molar-refractivity contribution in [3.63, 3.8) is 0 Å². The van der Waals surface area contributed by atoms with E-state index in [2.05, 4.69) is 6.07 Å². The van der Waals surface area contributed by atoms with Crippen molar-refractivity contribution in [3.8, 4) is 17.6 Å². The van der Waals surface area contributed by atoms with Crippen molar-refractivity contribution in [3.05, 3.63) is 95.1 Å². The monoisotopic (exact) mass is 370 g/mol. The van der Waals surface area contributed by atoms with Gasteiger partial charge in [-0.1, -0.05) is 48.5 Å². The maximum absolute atomic E-state index is 10.2. The number of benzene rings is 3. The fraction of sp³-hybridized carbons (Fsp3) is 0.125. The first kappa shape index (κ1) is 19.2. The van der Waals surface area contributed by atoms with Gasteiger partial charge in [-0.15, -0.1) is 0 Å². The molecule has 0 fully saturated rings. The molecule has 0 aromatic heterocycles. The molecule has 0 heterocycles. The van der Waals surface area contributed by atoms with Gasteiger partial charge in [0.15, 0.2) is 0 Å². The number of rotatable bonds is 5. The van der Waals surface area contributed by atoms with Crippen LogP contribution < -0.4 is 0 Å². The molecule has 0 saturated heterocycles. The molecule has 4 nitrogen and oxygen atoms in total. The molecule has 0 radical (unpaired) electrons. The van der Waals surface area contributed by atoms with Gasteiger partial charge in [0.1, 0.15) is 17.6 Å². The van der Waals surface area contributed by atoms with E-state index in [1.807, 2.05) is 61.5 Å². The summed E-state index contributed by atoms with van der Waals surface area (Å²) in [5.74, 6) is 0.390. The summed E-state index contributed by atoms with van der Waals surface area (Å²) in [6, 6.07) is 24.1. The molecule has 140 valence electrons. The number of nitriles is 1. The lowest BCUT2D eigenvalue weighted by atomic mass is 9.89. The standard InChI is InChI=1S/C24H22N2O2/c1-26(2)16-20-14-19(10-13-23(20)28)24(18-8-11-21(27)12-9-18)22(15-25)17-6-4-3-5-7-17/h3-14,27-28H,16H2,1-2H3/b24-22-. The van der Waals surface area contributed by atoms with Crippen LogP contribution in [0.4, 0.5) is 0 Å². The van der Waals surface area contributed by atoms with Crippen LogP contribution in [-0.2, 0) is 6.54 Å². The highest BCUT2D eigenvalue weighted by Crippen LogP contribution is 2.35. The lowest BCUT2D eigenvalue weighted by molar-refractivity contribution is 0.386. The van der Waals surface area contributed by atoms with Crippen molar-refractivity contribution in [2.24, 2.45) is 0 Å². The van der Waals surface area contributed by atoms with E-state index in [-0.39, 0.29) is 11.5 Å². The molecule has 0 atom stereocenters. The van der Waals surface area contributed by atoms with Crippen LogP contribution in [-0.4, -0.2) is 29.2 Å². The van der Waals surface area contributed by atoms with Gasteiger partial charge < -0.3 is 15.1 Å². The number of phenols is 2. The lowest BCUT2D eigenvalue weighted by Gasteiger charge is -2.16. The first-order valence-electron chi connectivity index (χ1n) is 8.96. The first-order valence-corrected chi connectivity index (χ1v) is 8.96. The minimum absolute atomic E-state index is 0.167. The Morgan fingerprint density at radius 3 is 2.11 bits per heavy atom. The zero-order valence-electron chi connectivity index (χ0n) is 15.9. The Hall–Kier alpha value is -3.55. The second kappa shape index (κ2) is 8.43. The Morgan fingerprint density at radius 1 is 0.857 bits per heavy atom. The fourth-order valence-electron chi connectivity index (χ4n) is 3.16. The maximum Gasteiger partial charge on any atom is 0.120 e. The third kappa shape index (κ3) is 4.22. The van der Waals surface area contributed by atoms with Crippen molar-refractivity contribution < 1.29 is 10.2 Å². The van der Waals surface area contributed by atoms with E-state index >= 15 is 0 Å². The van der Waals surface area contributed by atoms with Crippen LogP contribution in [0.25, 0.3) is 11.1 Å². The number of aromatic hydroxyl groups is 2. The molecular weight excluding hydrogens is 348 g/mol. The van der Waals surface area contributed by atoms with E-state index in [4.69, 9.17) is 0 Å². The number of phenolic OH excluding ortho intramolecular Hbond substituents is 2. The summed E-state index contributed by atoms with van der Waals surface area (Å²) in [6.07, 6.45) is 0. The molecular formula is C24H22N2O2. The van der Waals surface area contributed by atoms with Crippen molar-refractivity contribution >= 4 is 11.1 Å². The van der Waals surface area contributed by atoms with E-state index in [0.717, 1.165) is 27.8 Å². The summed E-state index contributed by atoms with van der Waals surface area (Å²) in [4.78, 5) is 1.98. The van der Waals surface area contributed by atoms with Crippen LogP contribution in [0.15, 0.2) is 72.8 Å². The van der Waals surface area contributed by atoms with Gasteiger partial charge >= 0.3 is 0 Å².